The van der Waals surface area contributed by atoms with Gasteiger partial charge in [0.05, 0.1) is 7.11 Å². The molecule has 0 spiro atoms. The first kappa shape index (κ1) is 31.1. The minimum absolute atomic E-state index is 0.179. The molecular weight excluding hydrogens is 510 g/mol. The zero-order valence-corrected chi connectivity index (χ0v) is 22.0. The second-order valence-corrected chi connectivity index (χ2v) is 8.34. The SMILES string of the molecule is COC(=O)C(=O)c1ccccc1.NCc1ccc(O)cc1.O=C(CCc1ccc(O)cc1)C(=O)c1ccccc1. The molecule has 8 nitrogen and oxygen atoms in total. The maximum absolute atomic E-state index is 11.8. The quantitative estimate of drug-likeness (QED) is 0.166. The predicted octanol–water partition coefficient (Wildman–Crippen LogP) is 4.67. The molecule has 0 amide bonds. The third-order valence-corrected chi connectivity index (χ3v) is 5.45. The van der Waals surface area contributed by atoms with Crippen LogP contribution in [0.15, 0.2) is 109 Å². The van der Waals surface area contributed by atoms with E-state index in [1.807, 2.05) is 0 Å². The van der Waals surface area contributed by atoms with Crippen molar-refractivity contribution in [2.75, 3.05) is 7.11 Å². The van der Waals surface area contributed by atoms with Crippen LogP contribution < -0.4 is 5.73 Å². The number of benzene rings is 4. The summed E-state index contributed by atoms with van der Waals surface area (Å²) in [5.41, 5.74) is 8.06. The van der Waals surface area contributed by atoms with Gasteiger partial charge in [-0.2, -0.15) is 0 Å². The van der Waals surface area contributed by atoms with E-state index in [2.05, 4.69) is 4.74 Å². The summed E-state index contributed by atoms with van der Waals surface area (Å²) < 4.78 is 4.28. The van der Waals surface area contributed by atoms with Crippen molar-refractivity contribution < 1.29 is 34.1 Å². The second-order valence-electron chi connectivity index (χ2n) is 8.34. The summed E-state index contributed by atoms with van der Waals surface area (Å²) in [4.78, 5) is 45.5. The number of methoxy groups -OCH3 is 1. The number of ether oxygens (including phenoxy) is 1. The molecular formula is C32H31NO7. The van der Waals surface area contributed by atoms with Crippen LogP contribution in [-0.2, 0) is 27.3 Å². The molecule has 0 saturated carbocycles. The Kier molecular flexibility index (Phi) is 13.0. The molecule has 0 unspecified atom stereocenters. The highest BCUT2D eigenvalue weighted by Gasteiger charge is 2.16. The molecule has 0 bridgehead atoms. The highest BCUT2D eigenvalue weighted by molar-refractivity contribution is 6.43. The van der Waals surface area contributed by atoms with E-state index in [0.29, 0.717) is 24.1 Å². The number of hydrogen-bond donors (Lipinski definition) is 3. The van der Waals surface area contributed by atoms with E-state index in [1.165, 1.54) is 7.11 Å². The van der Waals surface area contributed by atoms with Gasteiger partial charge in [-0.05, 0) is 41.8 Å². The summed E-state index contributed by atoms with van der Waals surface area (Å²) in [6, 6.07) is 30.3. The minimum Gasteiger partial charge on any atom is -0.508 e. The smallest absolute Gasteiger partial charge is 0.379 e. The van der Waals surface area contributed by atoms with Gasteiger partial charge in [-0.3, -0.25) is 14.4 Å². The Hall–Kier alpha value is -5.08. The summed E-state index contributed by atoms with van der Waals surface area (Å²) in [6.45, 7) is 0.528. The lowest BCUT2D eigenvalue weighted by molar-refractivity contribution is -0.135. The van der Waals surface area contributed by atoms with Gasteiger partial charge in [0.15, 0.2) is 0 Å². The van der Waals surface area contributed by atoms with Crippen LogP contribution in [0.25, 0.3) is 0 Å². The Morgan fingerprint density at radius 2 is 1.05 bits per heavy atom. The molecule has 40 heavy (non-hydrogen) atoms. The third-order valence-electron chi connectivity index (χ3n) is 5.45. The average molecular weight is 542 g/mol. The molecule has 0 aromatic heterocycles. The molecule has 0 heterocycles. The van der Waals surface area contributed by atoms with Crippen LogP contribution >= 0.6 is 0 Å². The fourth-order valence-electron chi connectivity index (χ4n) is 3.22. The van der Waals surface area contributed by atoms with Crippen LogP contribution in [0.2, 0.25) is 0 Å². The first-order chi connectivity index (χ1) is 19.2. The molecule has 0 aliphatic heterocycles. The number of hydrogen-bond acceptors (Lipinski definition) is 8. The molecule has 0 aliphatic rings. The van der Waals surface area contributed by atoms with Gasteiger partial charge in [0.2, 0.25) is 11.6 Å². The normalized spacial score (nSPS) is 9.65. The number of phenolic OH excluding ortho intramolecular Hbond substituents is 2. The van der Waals surface area contributed by atoms with Gasteiger partial charge in [-0.15, -0.1) is 0 Å². The summed E-state index contributed by atoms with van der Waals surface area (Å²) in [5, 5.41) is 18.0. The first-order valence-corrected chi connectivity index (χ1v) is 12.3. The van der Waals surface area contributed by atoms with Crippen LogP contribution in [0.3, 0.4) is 0 Å². The van der Waals surface area contributed by atoms with Gasteiger partial charge in [-0.25, -0.2) is 4.79 Å². The zero-order chi connectivity index (χ0) is 29.3. The first-order valence-electron chi connectivity index (χ1n) is 12.3. The van der Waals surface area contributed by atoms with Crippen molar-refractivity contribution in [3.8, 4) is 11.5 Å². The van der Waals surface area contributed by atoms with E-state index in [9.17, 15) is 19.2 Å². The monoisotopic (exact) mass is 541 g/mol. The van der Waals surface area contributed by atoms with Gasteiger partial charge in [-0.1, -0.05) is 84.9 Å². The van der Waals surface area contributed by atoms with Gasteiger partial charge < -0.3 is 20.7 Å². The van der Waals surface area contributed by atoms with E-state index in [-0.39, 0.29) is 23.7 Å². The van der Waals surface area contributed by atoms with Crippen molar-refractivity contribution in [1.29, 1.82) is 0 Å². The van der Waals surface area contributed by atoms with E-state index in [4.69, 9.17) is 15.9 Å². The van der Waals surface area contributed by atoms with Crippen LogP contribution in [-0.4, -0.2) is 40.6 Å². The predicted molar refractivity (Wildman–Crippen MR) is 151 cm³/mol. The molecule has 8 heteroatoms. The Balaban J connectivity index is 0.000000228. The van der Waals surface area contributed by atoms with Gasteiger partial charge in [0.25, 0.3) is 5.78 Å². The largest absolute Gasteiger partial charge is 0.508 e. The third kappa shape index (κ3) is 10.7. The second kappa shape index (κ2) is 16.7. The van der Waals surface area contributed by atoms with Crippen molar-refractivity contribution in [1.82, 2.24) is 0 Å². The van der Waals surface area contributed by atoms with Crippen LogP contribution in [0, 0.1) is 0 Å². The van der Waals surface area contributed by atoms with Crippen molar-refractivity contribution in [3.63, 3.8) is 0 Å². The number of nitrogens with two attached hydrogens (primary N) is 1. The fourth-order valence-corrected chi connectivity index (χ4v) is 3.22. The van der Waals surface area contributed by atoms with E-state index < -0.39 is 17.5 Å². The number of aryl methyl sites for hydroxylation is 1. The number of carbonyl (C=O) groups is 4. The maximum Gasteiger partial charge on any atom is 0.379 e. The summed E-state index contributed by atoms with van der Waals surface area (Å²) in [6.07, 6.45) is 0.677. The van der Waals surface area contributed by atoms with Crippen LogP contribution in [0.1, 0.15) is 38.3 Å². The lowest BCUT2D eigenvalue weighted by Gasteiger charge is -2.02. The molecule has 0 aliphatic carbocycles. The Morgan fingerprint density at radius 1 is 0.625 bits per heavy atom. The standard InChI is InChI=1S/C16H14O3.C9H8O3.C7H9NO/c17-14-9-6-12(7-10-14)8-11-15(18)16(19)13-4-2-1-3-5-13;1-12-9(11)8(10)7-5-3-2-4-6-7;8-5-6-1-3-7(9)4-2-6/h1-7,9-10,17H,8,11H2;2-6H,1H3;1-4,9H,5,8H2. The molecule has 4 aromatic carbocycles. The molecule has 0 saturated heterocycles. The highest BCUT2D eigenvalue weighted by atomic mass is 16.5. The molecule has 4 N–H and O–H groups in total. The van der Waals surface area contributed by atoms with E-state index in [1.54, 1.807) is 109 Å². The average Bonchev–Trinajstić information content (AvgIpc) is 3.01. The van der Waals surface area contributed by atoms with Crippen molar-refractivity contribution in [2.24, 2.45) is 5.73 Å². The maximum atomic E-state index is 11.8. The molecule has 0 fully saturated rings. The minimum atomic E-state index is -0.832. The topological polar surface area (TPSA) is 144 Å². The Labute approximate surface area is 232 Å². The highest BCUT2D eigenvalue weighted by Crippen LogP contribution is 2.12. The molecule has 4 aromatic rings. The van der Waals surface area contributed by atoms with Crippen LogP contribution in [0.4, 0.5) is 0 Å². The molecule has 0 radical (unpaired) electrons. The van der Waals surface area contributed by atoms with Gasteiger partial charge >= 0.3 is 5.97 Å². The fraction of sp³-hybridized carbons (Fsp3) is 0.125. The summed E-state index contributed by atoms with van der Waals surface area (Å²) in [5.74, 6) is -1.81. The Bertz CT molecular complexity index is 1370. The number of esters is 1. The van der Waals surface area contributed by atoms with Crippen molar-refractivity contribution in [3.05, 3.63) is 131 Å². The lowest BCUT2D eigenvalue weighted by atomic mass is 10.0. The van der Waals surface area contributed by atoms with E-state index >= 15 is 0 Å². The number of phenols is 2. The zero-order valence-electron chi connectivity index (χ0n) is 22.0. The molecule has 206 valence electrons. The number of Topliss-reactive ketones (excluding diaryl/α,β-unsaturated/α-hetero) is 3. The number of ketones is 3. The van der Waals surface area contributed by atoms with Gasteiger partial charge in [0, 0.05) is 24.1 Å². The van der Waals surface area contributed by atoms with E-state index in [0.717, 1.165) is 11.1 Å². The van der Waals surface area contributed by atoms with Crippen molar-refractivity contribution >= 4 is 23.3 Å². The lowest BCUT2D eigenvalue weighted by Crippen LogP contribution is -2.15. The van der Waals surface area contributed by atoms with Gasteiger partial charge in [0.1, 0.15) is 11.5 Å². The molecule has 4 rings (SSSR count). The Morgan fingerprint density at radius 3 is 1.48 bits per heavy atom. The number of carbonyl (C=O) groups excluding carboxylic acids is 4. The molecule has 0 atom stereocenters. The number of rotatable bonds is 8. The van der Waals surface area contributed by atoms with Crippen molar-refractivity contribution in [2.45, 2.75) is 19.4 Å². The summed E-state index contributed by atoms with van der Waals surface area (Å²) >= 11 is 0. The summed E-state index contributed by atoms with van der Waals surface area (Å²) in [7, 11) is 1.18. The van der Waals surface area contributed by atoms with Crippen LogP contribution in [0.5, 0.6) is 11.5 Å². The number of aromatic hydroxyl groups is 2.